The fourth-order valence-electron chi connectivity index (χ4n) is 2.18. The van der Waals surface area contributed by atoms with Crippen LogP contribution in [0.3, 0.4) is 0 Å². The van der Waals surface area contributed by atoms with Gasteiger partial charge in [-0.25, -0.2) is 0 Å². The number of halogens is 1. The lowest BCUT2D eigenvalue weighted by Crippen LogP contribution is -2.05. The normalized spacial score (nSPS) is 14.5. The Morgan fingerprint density at radius 2 is 2.09 bits per heavy atom. The molecule has 3 rings (SSSR count). The number of fused-ring (bicyclic) bond motifs is 1. The number of esters is 1. The summed E-state index contributed by atoms with van der Waals surface area (Å²) in [5, 5.41) is 0.580. The van der Waals surface area contributed by atoms with Crippen LogP contribution < -0.4 is 9.47 Å². The second-order valence-electron chi connectivity index (χ2n) is 4.98. The number of Topliss-reactive ketones (excluding diaryl/α,β-unsaturated/α-hetero) is 1. The zero-order valence-electron chi connectivity index (χ0n) is 12.3. The highest BCUT2D eigenvalue weighted by molar-refractivity contribution is 6.30. The van der Waals surface area contributed by atoms with Gasteiger partial charge in [0.1, 0.15) is 11.5 Å². The second-order valence-corrected chi connectivity index (χ2v) is 5.42. The van der Waals surface area contributed by atoms with Gasteiger partial charge in [0, 0.05) is 17.5 Å². The quantitative estimate of drug-likeness (QED) is 0.479. The van der Waals surface area contributed by atoms with Crippen molar-refractivity contribution >= 4 is 29.4 Å². The van der Waals surface area contributed by atoms with Gasteiger partial charge in [0.25, 0.3) is 0 Å². The first-order valence-corrected chi connectivity index (χ1v) is 7.49. The van der Waals surface area contributed by atoms with Crippen molar-refractivity contribution in [2.75, 3.05) is 0 Å². The molecule has 0 unspecified atom stereocenters. The topological polar surface area (TPSA) is 52.6 Å². The molecule has 0 bridgehead atoms. The Morgan fingerprint density at radius 3 is 2.83 bits per heavy atom. The first-order valence-electron chi connectivity index (χ1n) is 7.11. The van der Waals surface area contributed by atoms with Gasteiger partial charge in [-0.2, -0.15) is 0 Å². The van der Waals surface area contributed by atoms with E-state index in [1.54, 1.807) is 49.4 Å². The Labute approximate surface area is 138 Å². The fourth-order valence-corrected chi connectivity index (χ4v) is 2.38. The SMILES string of the molecule is CCC(=O)Oc1ccc2c(c1)O/C(=C/c1cccc(Cl)c1)C2=O. The standard InChI is InChI=1S/C18H13ClO4/c1-2-17(20)22-13-6-7-14-15(10-13)23-16(18(14)21)9-11-4-3-5-12(19)8-11/h3-10H,2H2,1H3/b16-9+. The molecule has 2 aromatic carbocycles. The number of hydrogen-bond donors (Lipinski definition) is 0. The molecule has 0 aliphatic carbocycles. The van der Waals surface area contributed by atoms with E-state index >= 15 is 0 Å². The fraction of sp³-hybridized carbons (Fsp3) is 0.111. The molecule has 116 valence electrons. The minimum Gasteiger partial charge on any atom is -0.452 e. The molecule has 23 heavy (non-hydrogen) atoms. The third-order valence-electron chi connectivity index (χ3n) is 3.31. The zero-order chi connectivity index (χ0) is 16.4. The predicted molar refractivity (Wildman–Crippen MR) is 86.8 cm³/mol. The molecule has 2 aromatic rings. The molecule has 4 nitrogen and oxygen atoms in total. The molecule has 1 aliphatic rings. The molecule has 0 radical (unpaired) electrons. The van der Waals surface area contributed by atoms with Gasteiger partial charge in [0.05, 0.1) is 5.56 Å². The van der Waals surface area contributed by atoms with E-state index in [4.69, 9.17) is 21.1 Å². The number of hydrogen-bond acceptors (Lipinski definition) is 4. The predicted octanol–water partition coefficient (Wildman–Crippen LogP) is 4.27. The van der Waals surface area contributed by atoms with Crippen molar-refractivity contribution < 1.29 is 19.1 Å². The molecule has 0 spiro atoms. The molecule has 0 amide bonds. The largest absolute Gasteiger partial charge is 0.452 e. The molecule has 0 fully saturated rings. The summed E-state index contributed by atoms with van der Waals surface area (Å²) in [5.74, 6) is 0.385. The first-order chi connectivity index (χ1) is 11.1. The molecular formula is C18H13ClO4. The van der Waals surface area contributed by atoms with Gasteiger partial charge >= 0.3 is 5.97 Å². The van der Waals surface area contributed by atoms with Crippen molar-refractivity contribution in [3.63, 3.8) is 0 Å². The van der Waals surface area contributed by atoms with Crippen LogP contribution in [-0.4, -0.2) is 11.8 Å². The van der Waals surface area contributed by atoms with Crippen molar-refractivity contribution in [3.05, 3.63) is 64.4 Å². The van der Waals surface area contributed by atoms with Crippen LogP contribution in [0.25, 0.3) is 6.08 Å². The first kappa shape index (κ1) is 15.3. The molecule has 5 heteroatoms. The number of rotatable bonds is 3. The summed E-state index contributed by atoms with van der Waals surface area (Å²) in [6.45, 7) is 1.71. The molecule has 0 saturated carbocycles. The second kappa shape index (κ2) is 6.26. The van der Waals surface area contributed by atoms with E-state index in [1.165, 1.54) is 0 Å². The van der Waals surface area contributed by atoms with Crippen LogP contribution in [0.4, 0.5) is 0 Å². The molecule has 0 saturated heterocycles. The van der Waals surface area contributed by atoms with Crippen molar-refractivity contribution in [1.82, 2.24) is 0 Å². The lowest BCUT2D eigenvalue weighted by Gasteiger charge is -2.04. The molecule has 0 aromatic heterocycles. The number of allylic oxidation sites excluding steroid dienone is 1. The Morgan fingerprint density at radius 1 is 1.26 bits per heavy atom. The minimum absolute atomic E-state index is 0.209. The van der Waals surface area contributed by atoms with Crippen molar-refractivity contribution in [2.45, 2.75) is 13.3 Å². The van der Waals surface area contributed by atoms with E-state index in [1.807, 2.05) is 6.07 Å². The van der Waals surface area contributed by atoms with E-state index < -0.39 is 0 Å². The Hall–Kier alpha value is -2.59. The highest BCUT2D eigenvalue weighted by Crippen LogP contribution is 2.35. The summed E-state index contributed by atoms with van der Waals surface area (Å²) in [5.41, 5.74) is 1.21. The average Bonchev–Trinajstić information content (AvgIpc) is 2.83. The van der Waals surface area contributed by atoms with E-state index in [-0.39, 0.29) is 23.9 Å². The van der Waals surface area contributed by atoms with E-state index in [0.717, 1.165) is 5.56 Å². The van der Waals surface area contributed by atoms with Crippen molar-refractivity contribution in [1.29, 1.82) is 0 Å². The van der Waals surface area contributed by atoms with Crippen LogP contribution in [0.1, 0.15) is 29.3 Å². The summed E-state index contributed by atoms with van der Waals surface area (Å²) in [6.07, 6.45) is 1.91. The van der Waals surface area contributed by atoms with Crippen LogP contribution in [-0.2, 0) is 4.79 Å². The van der Waals surface area contributed by atoms with Gasteiger partial charge in [-0.05, 0) is 35.9 Å². The van der Waals surface area contributed by atoms with Gasteiger partial charge < -0.3 is 9.47 Å². The maximum Gasteiger partial charge on any atom is 0.310 e. The van der Waals surface area contributed by atoms with Crippen LogP contribution in [0.15, 0.2) is 48.2 Å². The maximum absolute atomic E-state index is 12.3. The molecule has 1 heterocycles. The molecule has 1 aliphatic heterocycles. The number of carbonyl (C=O) groups is 2. The number of ether oxygens (including phenoxy) is 2. The summed E-state index contributed by atoms with van der Waals surface area (Å²) in [4.78, 5) is 23.7. The minimum atomic E-state index is -0.344. The van der Waals surface area contributed by atoms with Crippen molar-refractivity contribution in [3.8, 4) is 11.5 Å². The maximum atomic E-state index is 12.3. The van der Waals surface area contributed by atoms with Gasteiger partial charge in [0.2, 0.25) is 5.78 Å². The van der Waals surface area contributed by atoms with E-state index in [0.29, 0.717) is 22.1 Å². The third kappa shape index (κ3) is 3.27. The summed E-state index contributed by atoms with van der Waals surface area (Å²) < 4.78 is 10.7. The number of ketones is 1. The highest BCUT2D eigenvalue weighted by atomic mass is 35.5. The highest BCUT2D eigenvalue weighted by Gasteiger charge is 2.27. The smallest absolute Gasteiger partial charge is 0.310 e. The van der Waals surface area contributed by atoms with Gasteiger partial charge in [-0.1, -0.05) is 30.7 Å². The van der Waals surface area contributed by atoms with E-state index in [2.05, 4.69) is 0 Å². The monoisotopic (exact) mass is 328 g/mol. The molecule has 0 atom stereocenters. The third-order valence-corrected chi connectivity index (χ3v) is 3.54. The summed E-state index contributed by atoms with van der Waals surface area (Å²) >= 11 is 5.94. The average molecular weight is 329 g/mol. The summed E-state index contributed by atoms with van der Waals surface area (Å²) in [7, 11) is 0. The lowest BCUT2D eigenvalue weighted by molar-refractivity contribution is -0.134. The van der Waals surface area contributed by atoms with Crippen LogP contribution in [0.2, 0.25) is 5.02 Å². The zero-order valence-corrected chi connectivity index (χ0v) is 13.1. The van der Waals surface area contributed by atoms with Crippen LogP contribution in [0.5, 0.6) is 11.5 Å². The van der Waals surface area contributed by atoms with E-state index in [9.17, 15) is 9.59 Å². The van der Waals surface area contributed by atoms with Gasteiger partial charge in [-0.3, -0.25) is 9.59 Å². The Kier molecular flexibility index (Phi) is 4.17. The van der Waals surface area contributed by atoms with Crippen LogP contribution >= 0.6 is 11.6 Å². The lowest BCUT2D eigenvalue weighted by atomic mass is 10.1. The van der Waals surface area contributed by atoms with Crippen LogP contribution in [0, 0.1) is 0 Å². The Bertz CT molecular complexity index is 824. The van der Waals surface area contributed by atoms with Gasteiger partial charge in [0.15, 0.2) is 5.76 Å². The summed E-state index contributed by atoms with van der Waals surface area (Å²) in [6, 6.07) is 11.8. The molecular weight excluding hydrogens is 316 g/mol. The number of benzene rings is 2. The van der Waals surface area contributed by atoms with Crippen molar-refractivity contribution in [2.24, 2.45) is 0 Å². The molecule has 0 N–H and O–H groups in total. The Balaban J connectivity index is 1.88. The van der Waals surface area contributed by atoms with Gasteiger partial charge in [-0.15, -0.1) is 0 Å². The number of carbonyl (C=O) groups excluding carboxylic acids is 2.